The molecule has 7 N–H and O–H groups in total. The molecule has 69 heavy (non-hydrogen) atoms. The molecule has 0 saturated carbocycles. The van der Waals surface area contributed by atoms with Crippen LogP contribution in [0.2, 0.25) is 0 Å². The zero-order valence-electron chi connectivity index (χ0n) is 38.2. The summed E-state index contributed by atoms with van der Waals surface area (Å²) >= 11 is 1.53. The van der Waals surface area contributed by atoms with Crippen molar-refractivity contribution in [1.82, 2.24) is 46.0 Å². The van der Waals surface area contributed by atoms with E-state index in [1.165, 1.54) is 28.2 Å². The van der Waals surface area contributed by atoms with Gasteiger partial charge in [0, 0.05) is 68.6 Å². The fourth-order valence-electron chi connectivity index (χ4n) is 8.34. The van der Waals surface area contributed by atoms with Gasteiger partial charge in [0.15, 0.2) is 12.8 Å². The molecule has 0 aliphatic carbocycles. The van der Waals surface area contributed by atoms with Crippen LogP contribution in [-0.2, 0) is 45.3 Å². The van der Waals surface area contributed by atoms with E-state index in [0.29, 0.717) is 31.6 Å². The number of aliphatic hydroxyl groups is 1. The van der Waals surface area contributed by atoms with Crippen LogP contribution in [0, 0.1) is 5.92 Å². The monoisotopic (exact) mass is 991 g/mol. The second-order valence-corrected chi connectivity index (χ2v) is 20.3. The van der Waals surface area contributed by atoms with E-state index in [9.17, 15) is 47.1 Å². The third-order valence-electron chi connectivity index (χ3n) is 12.2. The van der Waals surface area contributed by atoms with Crippen molar-refractivity contribution in [3.05, 3.63) is 101 Å². The van der Waals surface area contributed by atoms with Gasteiger partial charge in [-0.05, 0) is 49.2 Å². The molecular formula is C46H57N9O12S2. The molecule has 0 bridgehead atoms. The number of hydrogen-bond acceptors (Lipinski definition) is 15. The van der Waals surface area contributed by atoms with Crippen LogP contribution < -0.4 is 36.6 Å². The molecule has 23 heteroatoms. The van der Waals surface area contributed by atoms with Gasteiger partial charge in [-0.2, -0.15) is 0 Å². The first-order chi connectivity index (χ1) is 33.0. The fraction of sp³-hybridized carbons (Fsp3) is 0.457. The number of nitrogens with zero attached hydrogens (tertiary/aromatic N) is 3. The Labute approximate surface area is 403 Å². The lowest BCUT2D eigenvalue weighted by Crippen LogP contribution is -2.54. The minimum Gasteiger partial charge on any atom is -0.483 e. The number of aliphatic hydroxyl groups excluding tert-OH is 1. The molecule has 0 radical (unpaired) electrons. The molecule has 5 unspecified atom stereocenters. The molecule has 6 atom stereocenters. The largest absolute Gasteiger partial charge is 0.483 e. The summed E-state index contributed by atoms with van der Waals surface area (Å²) in [7, 11) is -1.64. The number of likely N-dealkylation sites (N-methyl/N-ethyl adjacent to an activating group) is 1. The summed E-state index contributed by atoms with van der Waals surface area (Å²) in [5.41, 5.74) is 2.09. The SMILES string of the molecule is CN(CCNC(=O)COc1cccc2c1C(=O)N(C1CCC(=O)NC1=O)C2O)CCNC(=O)c1ccc(COC[C@H](NC(=O)C2CCN(S(C)(=O)=O)C2)C(=O)NC2NC(c3ccccc3)CS2)cc1. The maximum atomic E-state index is 13.6. The molecule has 4 heterocycles. The van der Waals surface area contributed by atoms with E-state index in [0.717, 1.165) is 28.0 Å². The van der Waals surface area contributed by atoms with Gasteiger partial charge in [0.1, 0.15) is 23.3 Å². The van der Waals surface area contributed by atoms with Crippen LogP contribution in [0.25, 0.3) is 0 Å². The number of carbonyl (C=O) groups excluding carboxylic acids is 7. The van der Waals surface area contributed by atoms with Gasteiger partial charge in [0.25, 0.3) is 17.7 Å². The number of thioether (sulfide) groups is 1. The predicted molar refractivity (Wildman–Crippen MR) is 251 cm³/mol. The van der Waals surface area contributed by atoms with Crippen LogP contribution in [0.3, 0.4) is 0 Å². The predicted octanol–water partition coefficient (Wildman–Crippen LogP) is -0.444. The summed E-state index contributed by atoms with van der Waals surface area (Å²) in [5.74, 6) is -3.21. The maximum Gasteiger partial charge on any atom is 0.261 e. The number of piperidine rings is 1. The van der Waals surface area contributed by atoms with Crippen LogP contribution in [-0.4, -0.2) is 158 Å². The Morgan fingerprint density at radius 3 is 2.41 bits per heavy atom. The first kappa shape index (κ1) is 50.9. The van der Waals surface area contributed by atoms with Gasteiger partial charge in [-0.15, -0.1) is 11.8 Å². The second kappa shape index (κ2) is 23.1. The molecular weight excluding hydrogens is 935 g/mol. The maximum absolute atomic E-state index is 13.6. The molecule has 3 aromatic carbocycles. The molecule has 3 saturated heterocycles. The minimum absolute atomic E-state index is 0.0269. The van der Waals surface area contributed by atoms with Gasteiger partial charge < -0.3 is 40.7 Å². The number of nitrogens with one attached hydrogen (secondary N) is 6. The van der Waals surface area contributed by atoms with Crippen LogP contribution in [0.15, 0.2) is 72.8 Å². The summed E-state index contributed by atoms with van der Waals surface area (Å²) < 4.78 is 37.0. The molecule has 4 aliphatic heterocycles. The van der Waals surface area contributed by atoms with E-state index in [-0.39, 0.29) is 74.5 Å². The van der Waals surface area contributed by atoms with Crippen LogP contribution in [0.5, 0.6) is 5.75 Å². The third kappa shape index (κ3) is 13.2. The number of imide groups is 1. The number of amides is 7. The lowest BCUT2D eigenvalue weighted by atomic mass is 10.0. The van der Waals surface area contributed by atoms with Crippen molar-refractivity contribution in [2.24, 2.45) is 5.92 Å². The number of hydrogen-bond donors (Lipinski definition) is 7. The van der Waals surface area contributed by atoms with E-state index >= 15 is 0 Å². The molecule has 7 rings (SSSR count). The lowest BCUT2D eigenvalue weighted by Gasteiger charge is -2.31. The molecule has 3 fully saturated rings. The summed E-state index contributed by atoms with van der Waals surface area (Å²) in [6, 6.07) is 19.1. The van der Waals surface area contributed by atoms with Crippen molar-refractivity contribution in [3.8, 4) is 5.75 Å². The molecule has 0 aromatic heterocycles. The summed E-state index contributed by atoms with van der Waals surface area (Å²) in [5, 5.41) is 27.8. The smallest absolute Gasteiger partial charge is 0.261 e. The second-order valence-electron chi connectivity index (χ2n) is 17.2. The van der Waals surface area contributed by atoms with Gasteiger partial charge in [-0.3, -0.25) is 49.1 Å². The number of fused-ring (bicyclic) bond motifs is 1. The molecule has 7 amide bonds. The first-order valence-corrected chi connectivity index (χ1v) is 25.4. The third-order valence-corrected chi connectivity index (χ3v) is 14.6. The molecule has 21 nitrogen and oxygen atoms in total. The fourth-order valence-corrected chi connectivity index (χ4v) is 10.4. The topological polar surface area (TPSA) is 274 Å². The lowest BCUT2D eigenvalue weighted by molar-refractivity contribution is -0.139. The normalized spacial score (nSPS) is 21.9. The quantitative estimate of drug-likeness (QED) is 0.0667. The molecule has 3 aromatic rings. The summed E-state index contributed by atoms with van der Waals surface area (Å²) in [6.45, 7) is 1.25. The van der Waals surface area contributed by atoms with Crippen molar-refractivity contribution in [1.29, 1.82) is 0 Å². The van der Waals surface area contributed by atoms with E-state index in [1.54, 1.807) is 30.3 Å². The van der Waals surface area contributed by atoms with Gasteiger partial charge in [0.2, 0.25) is 33.7 Å². The molecule has 370 valence electrons. The highest BCUT2D eigenvalue weighted by Crippen LogP contribution is 2.39. The first-order valence-electron chi connectivity index (χ1n) is 22.5. The Morgan fingerprint density at radius 2 is 1.70 bits per heavy atom. The minimum atomic E-state index is -3.47. The zero-order valence-corrected chi connectivity index (χ0v) is 39.8. The average Bonchev–Trinajstić information content (AvgIpc) is 4.08. The van der Waals surface area contributed by atoms with Gasteiger partial charge >= 0.3 is 0 Å². The number of rotatable bonds is 21. The highest BCUT2D eigenvalue weighted by molar-refractivity contribution is 8.00. The Hall–Kier alpha value is -5.95. The van der Waals surface area contributed by atoms with Gasteiger partial charge in [-0.1, -0.05) is 54.6 Å². The van der Waals surface area contributed by atoms with E-state index in [1.807, 2.05) is 42.3 Å². The zero-order chi connectivity index (χ0) is 49.2. The number of benzene rings is 3. The van der Waals surface area contributed by atoms with Crippen molar-refractivity contribution >= 4 is 63.1 Å². The number of sulfonamides is 1. The highest BCUT2D eigenvalue weighted by atomic mass is 32.2. The van der Waals surface area contributed by atoms with Crippen LogP contribution in [0.1, 0.15) is 68.9 Å². The number of carbonyl (C=O) groups is 7. The Bertz CT molecular complexity index is 2500. The molecule has 4 aliphatic rings. The van der Waals surface area contributed by atoms with Gasteiger partial charge in [-0.25, -0.2) is 12.7 Å². The Morgan fingerprint density at radius 1 is 0.957 bits per heavy atom. The van der Waals surface area contributed by atoms with Crippen molar-refractivity contribution < 1.29 is 56.6 Å². The Balaban J connectivity index is 0.811. The standard InChI is InChI=1S/C46H57N9O12S2/c1-53(21-18-47-38(57)26-67-36-10-6-9-32-39(36)45(63)55(44(32)62)35-15-16-37(56)51-43(35)61)22-19-48-40(58)30-13-11-28(12-14-30)24-66-25-33(49-41(59)31-17-20-54(23-31)69(2,64)65)42(60)52-46-50-34(27-68-46)29-7-4-3-5-8-29/h3-14,31,33-35,44,46,50,62H,15-27H2,1-2H3,(H,47,57)(H,48,58)(H,49,59)(H,52,60)(H,51,56,61)/t31?,33-,34?,35?,44?,46?/m0/s1. The van der Waals surface area contributed by atoms with E-state index in [4.69, 9.17) is 9.47 Å². The van der Waals surface area contributed by atoms with Crippen LogP contribution >= 0.6 is 11.8 Å². The average molecular weight is 992 g/mol. The summed E-state index contributed by atoms with van der Waals surface area (Å²) in [6.07, 6.45) is 0.106. The van der Waals surface area contributed by atoms with E-state index in [2.05, 4.69) is 31.9 Å². The van der Waals surface area contributed by atoms with E-state index < -0.39 is 81.8 Å². The van der Waals surface area contributed by atoms with Crippen molar-refractivity contribution in [3.63, 3.8) is 0 Å². The Kier molecular flexibility index (Phi) is 17.0. The van der Waals surface area contributed by atoms with Crippen molar-refractivity contribution in [2.45, 2.75) is 55.7 Å². The van der Waals surface area contributed by atoms with Gasteiger partial charge in [0.05, 0.1) is 31.0 Å². The molecule has 0 spiro atoms. The summed E-state index contributed by atoms with van der Waals surface area (Å²) in [4.78, 5) is 92.8. The number of ether oxygens (including phenoxy) is 2. The van der Waals surface area contributed by atoms with Crippen molar-refractivity contribution in [2.75, 3.05) is 71.5 Å². The van der Waals surface area contributed by atoms with Crippen LogP contribution in [0.4, 0.5) is 0 Å². The highest BCUT2D eigenvalue weighted by Gasteiger charge is 2.46.